The van der Waals surface area contributed by atoms with Crippen LogP contribution in [0.5, 0.6) is 11.5 Å². The van der Waals surface area contributed by atoms with E-state index in [-0.39, 0.29) is 76.2 Å². The Morgan fingerprint density at radius 2 is 1.54 bits per heavy atom. The number of hydroxylamine groups is 1. The Morgan fingerprint density at radius 3 is 2.26 bits per heavy atom. The van der Waals surface area contributed by atoms with Crippen LogP contribution < -0.4 is 20.3 Å². The van der Waals surface area contributed by atoms with Crippen molar-refractivity contribution in [3.63, 3.8) is 0 Å². The second-order valence-electron chi connectivity index (χ2n) is 16.6. The molecule has 0 saturated carbocycles. The van der Waals surface area contributed by atoms with E-state index in [1.54, 1.807) is 45.0 Å². The number of aliphatic hydroxyl groups is 3. The molecule has 0 radical (unpaired) electrons. The summed E-state index contributed by atoms with van der Waals surface area (Å²) in [7, 11) is 2.93. The smallest absolute Gasteiger partial charge is 0.431 e. The van der Waals surface area contributed by atoms with Gasteiger partial charge in [0.25, 0.3) is 17.7 Å². The number of carbonyl (C=O) groups excluding carboxylic acids is 5. The number of carboxylic acids is 1. The van der Waals surface area contributed by atoms with Gasteiger partial charge in [0, 0.05) is 43.0 Å². The normalized spacial score (nSPS) is 19.1. The first-order valence-electron chi connectivity index (χ1n) is 21.4. The van der Waals surface area contributed by atoms with Crippen LogP contribution in [0.25, 0.3) is 21.5 Å². The maximum atomic E-state index is 14.1. The second-order valence-corrected chi connectivity index (χ2v) is 16.6. The number of aliphatic carboxylic acids is 1. The van der Waals surface area contributed by atoms with E-state index in [1.807, 2.05) is 18.2 Å². The van der Waals surface area contributed by atoms with E-state index < -0.39 is 72.2 Å². The SMILES string of the molecule is COc1ccc2c3c(c4ccccc4cc13)C(=O)N(CCN(C)C(=O)OCc1ccc(O[C@@H]3O[C@H](C(=O)O)[C@@H](O)[C@H](O)[C@H]3O)c(C(=O)NCCOCCOCCONC(=O)OC(C)(C)C)c1)C2=O. The van der Waals surface area contributed by atoms with Crippen molar-refractivity contribution in [2.45, 2.75) is 63.7 Å². The molecule has 22 nitrogen and oxygen atoms in total. The highest BCUT2D eigenvalue weighted by molar-refractivity contribution is 6.31. The van der Waals surface area contributed by atoms with Gasteiger partial charge in [-0.1, -0.05) is 30.3 Å². The average molecular weight is 951 g/mol. The van der Waals surface area contributed by atoms with Gasteiger partial charge in [-0.3, -0.25) is 24.1 Å². The Hall–Kier alpha value is -6.66. The Balaban J connectivity index is 1.05. The molecule has 0 unspecified atom stereocenters. The second kappa shape index (κ2) is 22.4. The van der Waals surface area contributed by atoms with Gasteiger partial charge in [0.05, 0.1) is 51.3 Å². The zero-order valence-corrected chi connectivity index (χ0v) is 37.9. The Bertz CT molecular complexity index is 2510. The lowest BCUT2D eigenvalue weighted by Gasteiger charge is -2.38. The largest absolute Gasteiger partial charge is 0.496 e. The van der Waals surface area contributed by atoms with Gasteiger partial charge in [0.15, 0.2) is 6.10 Å². The van der Waals surface area contributed by atoms with Crippen LogP contribution in [-0.2, 0) is 39.9 Å². The number of aliphatic hydroxyl groups excluding tert-OH is 3. The Kier molecular flexibility index (Phi) is 16.7. The minimum absolute atomic E-state index is 0.0209. The van der Waals surface area contributed by atoms with Crippen molar-refractivity contribution in [1.82, 2.24) is 20.6 Å². The number of amides is 5. The third kappa shape index (κ3) is 12.1. The fraction of sp³-hybridized carbons (Fsp3) is 0.435. The van der Waals surface area contributed by atoms with Crippen molar-refractivity contribution in [2.24, 2.45) is 0 Å². The number of carboxylic acid groups (broad SMARTS) is 1. The molecule has 5 amide bonds. The van der Waals surface area contributed by atoms with E-state index in [0.717, 1.165) is 10.3 Å². The van der Waals surface area contributed by atoms with Crippen molar-refractivity contribution in [3.8, 4) is 11.5 Å². The molecule has 6 N–H and O–H groups in total. The summed E-state index contributed by atoms with van der Waals surface area (Å²) in [6, 6.07) is 16.5. The molecule has 22 heteroatoms. The van der Waals surface area contributed by atoms with Gasteiger partial charge in [-0.25, -0.2) is 14.4 Å². The van der Waals surface area contributed by atoms with Crippen LogP contribution in [0.15, 0.2) is 60.7 Å². The molecule has 6 rings (SSSR count). The number of carbonyl (C=O) groups is 6. The molecule has 1 saturated heterocycles. The summed E-state index contributed by atoms with van der Waals surface area (Å²) >= 11 is 0. The predicted octanol–water partition coefficient (Wildman–Crippen LogP) is 2.36. The summed E-state index contributed by atoms with van der Waals surface area (Å²) in [4.78, 5) is 85.2. The molecule has 4 aromatic rings. The number of fused-ring (bicyclic) bond motifs is 2. The fourth-order valence-electron chi connectivity index (χ4n) is 7.29. The number of methoxy groups -OCH3 is 1. The highest BCUT2D eigenvalue weighted by atomic mass is 16.7. The number of imide groups is 1. The molecule has 0 bridgehead atoms. The number of hydrogen-bond acceptors (Lipinski definition) is 17. The average Bonchev–Trinajstić information content (AvgIpc) is 3.30. The molecule has 1 fully saturated rings. The van der Waals surface area contributed by atoms with Crippen molar-refractivity contribution >= 4 is 57.4 Å². The molecule has 2 aliphatic heterocycles. The first-order chi connectivity index (χ1) is 32.4. The summed E-state index contributed by atoms with van der Waals surface area (Å²) in [6.45, 7) is 4.96. The number of rotatable bonds is 20. The Labute approximate surface area is 389 Å². The Morgan fingerprint density at radius 1 is 0.838 bits per heavy atom. The summed E-state index contributed by atoms with van der Waals surface area (Å²) in [6.07, 6.45) is -11.3. The number of likely N-dealkylation sites (N-methyl/N-ethyl adjacent to an activating group) is 1. The molecule has 366 valence electrons. The predicted molar refractivity (Wildman–Crippen MR) is 237 cm³/mol. The van der Waals surface area contributed by atoms with Crippen molar-refractivity contribution < 1.29 is 87.2 Å². The number of hydrogen-bond donors (Lipinski definition) is 6. The van der Waals surface area contributed by atoms with E-state index >= 15 is 0 Å². The third-order valence-corrected chi connectivity index (χ3v) is 10.6. The topological polar surface area (TPSA) is 288 Å². The van der Waals surface area contributed by atoms with Gasteiger partial charge in [-0.2, -0.15) is 5.48 Å². The van der Waals surface area contributed by atoms with Gasteiger partial charge >= 0.3 is 18.2 Å². The molecule has 5 atom stereocenters. The minimum Gasteiger partial charge on any atom is -0.496 e. The monoisotopic (exact) mass is 950 g/mol. The lowest BCUT2D eigenvalue weighted by Crippen LogP contribution is -2.61. The number of nitrogens with one attached hydrogen (secondary N) is 2. The number of ether oxygens (including phenoxy) is 7. The molecule has 2 aliphatic rings. The van der Waals surface area contributed by atoms with Crippen molar-refractivity contribution in [2.75, 3.05) is 66.8 Å². The molecule has 4 aromatic carbocycles. The first-order valence-corrected chi connectivity index (χ1v) is 21.4. The molecule has 2 heterocycles. The van der Waals surface area contributed by atoms with E-state index in [9.17, 15) is 49.2 Å². The van der Waals surface area contributed by atoms with Crippen molar-refractivity contribution in [1.29, 1.82) is 0 Å². The first kappa shape index (κ1) is 50.7. The highest BCUT2D eigenvalue weighted by Crippen LogP contribution is 2.40. The van der Waals surface area contributed by atoms with E-state index in [4.69, 9.17) is 38.0 Å². The zero-order chi connectivity index (χ0) is 49.3. The van der Waals surface area contributed by atoms with Gasteiger partial charge < -0.3 is 63.8 Å². The van der Waals surface area contributed by atoms with E-state index in [2.05, 4.69) is 10.8 Å². The number of benzene rings is 4. The summed E-state index contributed by atoms with van der Waals surface area (Å²) in [5.74, 6) is -3.17. The van der Waals surface area contributed by atoms with Gasteiger partial charge in [0.1, 0.15) is 42.0 Å². The lowest BCUT2D eigenvalue weighted by atomic mass is 9.89. The van der Waals surface area contributed by atoms with Crippen LogP contribution in [0.3, 0.4) is 0 Å². The lowest BCUT2D eigenvalue weighted by molar-refractivity contribution is -0.271. The standard InChI is InChI=1S/C46H54N4O18/c1-46(2,3)68-44(59)48-65-21-20-63-19-18-62-17-14-47-39(54)30-22-25(10-12-32(30)66-43-37(53)35(51)36(52)38(67-43)42(57)58)24-64-45(60)49(4)15-16-50-40(55)28-11-13-31(61-5)29-23-26-8-6-7-9-27(26)34(33(28)29)41(50)56/h6-13,22-23,35-38,43,51-53H,14-21,24H2,1-5H3,(H,47,54)(H,48,59)(H,57,58)/t35-,36-,37+,38-,43+/m0/s1. The quantitative estimate of drug-likeness (QED) is 0.0321. The van der Waals surface area contributed by atoms with Crippen LogP contribution in [0.1, 0.15) is 57.4 Å². The van der Waals surface area contributed by atoms with Crippen LogP contribution in [-0.4, -0.2) is 169 Å². The molecular weight excluding hydrogens is 897 g/mol. The summed E-state index contributed by atoms with van der Waals surface area (Å²) < 4.78 is 38.0. The minimum atomic E-state index is -1.99. The molecule has 0 aliphatic carbocycles. The summed E-state index contributed by atoms with van der Waals surface area (Å²) in [5, 5.41) is 45.8. The maximum Gasteiger partial charge on any atom is 0.431 e. The zero-order valence-electron chi connectivity index (χ0n) is 37.9. The highest BCUT2D eigenvalue weighted by Gasteiger charge is 2.48. The van der Waals surface area contributed by atoms with Gasteiger partial charge in [-0.15, -0.1) is 0 Å². The molecule has 68 heavy (non-hydrogen) atoms. The molecule has 0 spiro atoms. The number of nitrogens with zero attached hydrogens (tertiary/aromatic N) is 2. The maximum absolute atomic E-state index is 14.1. The molecular formula is C46H54N4O18. The van der Waals surface area contributed by atoms with Crippen LogP contribution in [0, 0.1) is 0 Å². The van der Waals surface area contributed by atoms with Gasteiger partial charge in [-0.05, 0) is 67.4 Å². The van der Waals surface area contributed by atoms with Crippen molar-refractivity contribution in [3.05, 3.63) is 82.9 Å². The van der Waals surface area contributed by atoms with E-state index in [0.29, 0.717) is 33.0 Å². The fourth-order valence-corrected chi connectivity index (χ4v) is 7.29. The van der Waals surface area contributed by atoms with Crippen LogP contribution in [0.2, 0.25) is 0 Å². The van der Waals surface area contributed by atoms with Gasteiger partial charge in [0.2, 0.25) is 6.29 Å². The van der Waals surface area contributed by atoms with E-state index in [1.165, 1.54) is 37.3 Å². The molecule has 0 aromatic heterocycles. The third-order valence-electron chi connectivity index (χ3n) is 10.6. The summed E-state index contributed by atoms with van der Waals surface area (Å²) in [5.41, 5.74) is 2.21. The van der Waals surface area contributed by atoms with Crippen LogP contribution >= 0.6 is 0 Å². The van der Waals surface area contributed by atoms with Crippen LogP contribution in [0.4, 0.5) is 9.59 Å².